The molecule has 4 heterocycles. The van der Waals surface area contributed by atoms with Crippen molar-refractivity contribution in [2.24, 2.45) is 0 Å². The van der Waals surface area contributed by atoms with Crippen molar-refractivity contribution < 1.29 is 0 Å². The van der Waals surface area contributed by atoms with E-state index in [1.807, 2.05) is 18.5 Å². The molecule has 136 valence electrons. The van der Waals surface area contributed by atoms with Crippen LogP contribution in [0.2, 0.25) is 0 Å². The normalized spacial score (nSPS) is 16.1. The highest BCUT2D eigenvalue weighted by molar-refractivity contribution is 7.13. The lowest BCUT2D eigenvalue weighted by Crippen LogP contribution is -2.33. The molecule has 7 nitrogen and oxygen atoms in total. The van der Waals surface area contributed by atoms with Crippen molar-refractivity contribution in [2.45, 2.75) is 39.2 Å². The maximum absolute atomic E-state index is 4.64. The van der Waals surface area contributed by atoms with E-state index in [2.05, 4.69) is 42.3 Å². The molecule has 1 aliphatic heterocycles. The van der Waals surface area contributed by atoms with E-state index in [0.717, 1.165) is 60.5 Å². The minimum absolute atomic E-state index is 0.425. The Balaban J connectivity index is 1.42. The largest absolute Gasteiger partial charge is 0.315 e. The van der Waals surface area contributed by atoms with Crippen LogP contribution in [-0.2, 0) is 6.54 Å². The summed E-state index contributed by atoms with van der Waals surface area (Å²) in [6.07, 6.45) is 7.63. The van der Waals surface area contributed by atoms with Gasteiger partial charge in [-0.15, -0.1) is 11.3 Å². The van der Waals surface area contributed by atoms with Gasteiger partial charge in [-0.3, -0.25) is 15.0 Å². The molecule has 2 N–H and O–H groups in total. The summed E-state index contributed by atoms with van der Waals surface area (Å²) in [5, 5.41) is 13.4. The lowest BCUT2D eigenvalue weighted by atomic mass is 9.93. The molecule has 8 heteroatoms. The highest BCUT2D eigenvalue weighted by atomic mass is 32.1. The number of aromatic amines is 1. The fraction of sp³-hybridized carbons (Fsp3) is 0.444. The molecule has 0 radical (unpaired) electrons. The molecule has 3 aromatic heterocycles. The smallest absolute Gasteiger partial charge is 0.188 e. The Labute approximate surface area is 156 Å². The Bertz CT molecular complexity index is 864. The molecule has 0 amide bonds. The summed E-state index contributed by atoms with van der Waals surface area (Å²) in [7, 11) is 0. The third-order valence-electron chi connectivity index (χ3n) is 4.87. The molecule has 1 aliphatic rings. The van der Waals surface area contributed by atoms with Crippen LogP contribution in [0.5, 0.6) is 0 Å². The molecular formula is C18H23N7S. The molecule has 0 bridgehead atoms. The van der Waals surface area contributed by atoms with Crippen LogP contribution in [0.1, 0.15) is 41.4 Å². The number of nitrogens with zero attached hydrogens (tertiary/aromatic N) is 5. The van der Waals surface area contributed by atoms with E-state index in [9.17, 15) is 0 Å². The van der Waals surface area contributed by atoms with Crippen LogP contribution in [0.4, 0.5) is 10.9 Å². The van der Waals surface area contributed by atoms with E-state index in [-0.39, 0.29) is 0 Å². The molecule has 3 aromatic rings. The van der Waals surface area contributed by atoms with Gasteiger partial charge >= 0.3 is 0 Å². The summed E-state index contributed by atoms with van der Waals surface area (Å²) < 4.78 is 0. The first kappa shape index (κ1) is 17.1. The zero-order valence-corrected chi connectivity index (χ0v) is 15.9. The molecule has 0 aliphatic carbocycles. The van der Waals surface area contributed by atoms with Crippen LogP contribution in [0.25, 0.3) is 0 Å². The number of aromatic nitrogens is 5. The molecular weight excluding hydrogens is 346 g/mol. The van der Waals surface area contributed by atoms with Gasteiger partial charge < -0.3 is 5.32 Å². The van der Waals surface area contributed by atoms with E-state index in [0.29, 0.717) is 5.92 Å². The van der Waals surface area contributed by atoms with Crippen molar-refractivity contribution >= 4 is 22.3 Å². The minimum Gasteiger partial charge on any atom is -0.315 e. The molecule has 4 rings (SSSR count). The predicted molar refractivity (Wildman–Crippen MR) is 103 cm³/mol. The summed E-state index contributed by atoms with van der Waals surface area (Å²) in [5.41, 5.74) is 4.51. The average Bonchev–Trinajstić information content (AvgIpc) is 3.25. The Morgan fingerprint density at radius 1 is 1.23 bits per heavy atom. The lowest BCUT2D eigenvalue weighted by Gasteiger charge is -2.32. The SMILES string of the molecule is Cc1csc(Nc2nccnc2C2CCN(Cc3cn[nH]c3C)CC2)n1. The van der Waals surface area contributed by atoms with E-state index in [1.165, 1.54) is 5.56 Å². The molecule has 0 unspecified atom stereocenters. The molecule has 0 atom stereocenters. The van der Waals surface area contributed by atoms with Gasteiger partial charge in [0.2, 0.25) is 0 Å². The maximum Gasteiger partial charge on any atom is 0.188 e. The monoisotopic (exact) mass is 369 g/mol. The number of anilines is 2. The zero-order chi connectivity index (χ0) is 17.9. The molecule has 26 heavy (non-hydrogen) atoms. The molecule has 0 spiro atoms. The lowest BCUT2D eigenvalue weighted by molar-refractivity contribution is 0.203. The maximum atomic E-state index is 4.64. The number of hydrogen-bond donors (Lipinski definition) is 2. The summed E-state index contributed by atoms with van der Waals surface area (Å²) in [4.78, 5) is 16.1. The first-order valence-corrected chi connectivity index (χ1v) is 9.78. The molecule has 1 fully saturated rings. The fourth-order valence-electron chi connectivity index (χ4n) is 3.40. The molecule has 1 saturated heterocycles. The van der Waals surface area contributed by atoms with Crippen LogP contribution in [0.15, 0.2) is 24.0 Å². The van der Waals surface area contributed by atoms with Crippen molar-refractivity contribution in [2.75, 3.05) is 18.4 Å². The number of hydrogen-bond acceptors (Lipinski definition) is 7. The van der Waals surface area contributed by atoms with Crippen molar-refractivity contribution in [3.8, 4) is 0 Å². The standard InChI is InChI=1S/C18H23N7S/c1-12-11-26-18(22-12)23-17-16(19-5-6-20-17)14-3-7-25(8-4-14)10-15-9-21-24-13(15)2/h5-6,9,11,14H,3-4,7-8,10H2,1-2H3,(H,21,24)(H,20,22,23). The quantitative estimate of drug-likeness (QED) is 0.717. The average molecular weight is 369 g/mol. The van der Waals surface area contributed by atoms with E-state index in [1.54, 1.807) is 23.7 Å². The van der Waals surface area contributed by atoms with Crippen LogP contribution < -0.4 is 5.32 Å². The van der Waals surface area contributed by atoms with Gasteiger partial charge in [-0.05, 0) is 39.8 Å². The van der Waals surface area contributed by atoms with Crippen LogP contribution in [0.3, 0.4) is 0 Å². The molecule has 0 saturated carbocycles. The Hall–Kier alpha value is -2.32. The number of piperidine rings is 1. The number of thiazole rings is 1. The topological polar surface area (TPSA) is 82.6 Å². The summed E-state index contributed by atoms with van der Waals surface area (Å²) in [6, 6.07) is 0. The minimum atomic E-state index is 0.425. The fourth-order valence-corrected chi connectivity index (χ4v) is 4.08. The Morgan fingerprint density at radius 3 is 2.73 bits per heavy atom. The first-order valence-electron chi connectivity index (χ1n) is 8.90. The number of aryl methyl sites for hydroxylation is 2. The predicted octanol–water partition coefficient (Wildman–Crippen LogP) is 3.40. The Kier molecular flexibility index (Phi) is 4.94. The van der Waals surface area contributed by atoms with Crippen molar-refractivity contribution in [3.63, 3.8) is 0 Å². The second-order valence-electron chi connectivity index (χ2n) is 6.78. The van der Waals surface area contributed by atoms with Crippen LogP contribution in [-0.4, -0.2) is 43.1 Å². The van der Waals surface area contributed by atoms with E-state index < -0.39 is 0 Å². The second-order valence-corrected chi connectivity index (χ2v) is 7.64. The van der Waals surface area contributed by atoms with Gasteiger partial charge in [0.15, 0.2) is 10.9 Å². The summed E-state index contributed by atoms with van der Waals surface area (Å²) >= 11 is 1.60. The van der Waals surface area contributed by atoms with Crippen molar-refractivity contribution in [1.82, 2.24) is 30.0 Å². The zero-order valence-electron chi connectivity index (χ0n) is 15.1. The summed E-state index contributed by atoms with van der Waals surface area (Å²) in [6.45, 7) is 7.14. The van der Waals surface area contributed by atoms with Gasteiger partial charge in [-0.25, -0.2) is 9.97 Å². The molecule has 0 aromatic carbocycles. The van der Waals surface area contributed by atoms with E-state index in [4.69, 9.17) is 0 Å². The van der Waals surface area contributed by atoms with Crippen LogP contribution in [0, 0.1) is 13.8 Å². The number of likely N-dealkylation sites (tertiary alicyclic amines) is 1. The summed E-state index contributed by atoms with van der Waals surface area (Å²) in [5.74, 6) is 1.26. The number of H-pyrrole nitrogens is 1. The third kappa shape index (κ3) is 3.76. The first-order chi connectivity index (χ1) is 12.7. The van der Waals surface area contributed by atoms with Gasteiger partial charge in [-0.1, -0.05) is 0 Å². The van der Waals surface area contributed by atoms with Crippen molar-refractivity contribution in [3.05, 3.63) is 46.6 Å². The third-order valence-corrected chi connectivity index (χ3v) is 5.75. The van der Waals surface area contributed by atoms with Crippen LogP contribution >= 0.6 is 11.3 Å². The van der Waals surface area contributed by atoms with Gasteiger partial charge in [0.25, 0.3) is 0 Å². The van der Waals surface area contributed by atoms with Gasteiger partial charge in [0.05, 0.1) is 17.6 Å². The van der Waals surface area contributed by atoms with Gasteiger partial charge in [0, 0.05) is 41.5 Å². The van der Waals surface area contributed by atoms with Gasteiger partial charge in [-0.2, -0.15) is 5.10 Å². The van der Waals surface area contributed by atoms with Crippen molar-refractivity contribution in [1.29, 1.82) is 0 Å². The highest BCUT2D eigenvalue weighted by Crippen LogP contribution is 2.32. The van der Waals surface area contributed by atoms with Gasteiger partial charge in [0.1, 0.15) is 0 Å². The van der Waals surface area contributed by atoms with E-state index >= 15 is 0 Å². The number of nitrogens with one attached hydrogen (secondary N) is 2. The Morgan fingerprint density at radius 2 is 2.04 bits per heavy atom. The highest BCUT2D eigenvalue weighted by Gasteiger charge is 2.25. The second kappa shape index (κ2) is 7.51. The number of rotatable bonds is 5.